The van der Waals surface area contributed by atoms with Crippen LogP contribution >= 0.6 is 15.9 Å². The molecule has 0 amide bonds. The van der Waals surface area contributed by atoms with Crippen molar-refractivity contribution in [3.63, 3.8) is 0 Å². The van der Waals surface area contributed by atoms with Gasteiger partial charge in [-0.25, -0.2) is 13.6 Å². The fourth-order valence-electron chi connectivity index (χ4n) is 1.74. The van der Waals surface area contributed by atoms with E-state index in [1.807, 2.05) is 0 Å². The lowest BCUT2D eigenvalue weighted by molar-refractivity contribution is -0.138. The van der Waals surface area contributed by atoms with Crippen molar-refractivity contribution in [2.45, 2.75) is 6.04 Å². The molecule has 6 heteroatoms. The minimum absolute atomic E-state index is 0.000671. The Kier molecular flexibility index (Phi) is 4.34. The van der Waals surface area contributed by atoms with Crippen LogP contribution in [0, 0.1) is 11.6 Å². The van der Waals surface area contributed by atoms with Gasteiger partial charge in [-0.3, -0.25) is 0 Å². The highest BCUT2D eigenvalue weighted by Crippen LogP contribution is 2.26. The summed E-state index contributed by atoms with van der Waals surface area (Å²) in [5, 5.41) is 11.7. The van der Waals surface area contributed by atoms with Gasteiger partial charge in [0.25, 0.3) is 0 Å². The number of nitrogens with one attached hydrogen (secondary N) is 1. The van der Waals surface area contributed by atoms with E-state index in [9.17, 15) is 18.7 Å². The van der Waals surface area contributed by atoms with Gasteiger partial charge in [0.15, 0.2) is 6.04 Å². The van der Waals surface area contributed by atoms with E-state index in [-0.39, 0.29) is 11.3 Å². The lowest BCUT2D eigenvalue weighted by atomic mass is 10.1. The summed E-state index contributed by atoms with van der Waals surface area (Å²) < 4.78 is 27.9. The second-order valence-corrected chi connectivity index (χ2v) is 4.98. The molecular formula is C14H10BrF2NO2. The van der Waals surface area contributed by atoms with Gasteiger partial charge in [0.1, 0.15) is 11.6 Å². The van der Waals surface area contributed by atoms with Crippen LogP contribution < -0.4 is 5.32 Å². The Morgan fingerprint density at radius 2 is 1.85 bits per heavy atom. The molecule has 2 aromatic carbocycles. The summed E-state index contributed by atoms with van der Waals surface area (Å²) in [5.41, 5.74) is -0.0746. The van der Waals surface area contributed by atoms with Gasteiger partial charge in [-0.15, -0.1) is 0 Å². The van der Waals surface area contributed by atoms with Gasteiger partial charge < -0.3 is 10.4 Å². The molecule has 0 radical (unpaired) electrons. The molecular weight excluding hydrogens is 332 g/mol. The molecule has 0 fully saturated rings. The standard InChI is InChI=1S/C14H10BrF2NO2/c15-8-5-6-10(16)9(7-8)13(14(19)20)18-12-4-2-1-3-11(12)17/h1-7,13,18H,(H,19,20). The van der Waals surface area contributed by atoms with Gasteiger partial charge in [-0.2, -0.15) is 0 Å². The van der Waals surface area contributed by atoms with Crippen LogP contribution in [0.25, 0.3) is 0 Å². The number of carboxylic acids is 1. The Morgan fingerprint density at radius 1 is 1.15 bits per heavy atom. The molecule has 0 aliphatic heterocycles. The normalized spacial score (nSPS) is 11.9. The number of halogens is 3. The van der Waals surface area contributed by atoms with Gasteiger partial charge >= 0.3 is 5.97 Å². The van der Waals surface area contributed by atoms with Crippen LogP contribution in [-0.4, -0.2) is 11.1 Å². The molecule has 0 bridgehead atoms. The fourth-order valence-corrected chi connectivity index (χ4v) is 2.12. The molecule has 3 nitrogen and oxygen atoms in total. The zero-order valence-electron chi connectivity index (χ0n) is 10.1. The largest absolute Gasteiger partial charge is 0.479 e. The predicted molar refractivity (Wildman–Crippen MR) is 74.5 cm³/mol. The van der Waals surface area contributed by atoms with Crippen molar-refractivity contribution in [2.24, 2.45) is 0 Å². The molecule has 104 valence electrons. The summed E-state index contributed by atoms with van der Waals surface area (Å²) in [5.74, 6) is -2.58. The Morgan fingerprint density at radius 3 is 2.50 bits per heavy atom. The van der Waals surface area contributed by atoms with E-state index in [2.05, 4.69) is 21.2 Å². The van der Waals surface area contributed by atoms with Crippen LogP contribution in [0.3, 0.4) is 0 Å². The van der Waals surface area contributed by atoms with E-state index in [0.29, 0.717) is 4.47 Å². The summed E-state index contributed by atoms with van der Waals surface area (Å²) in [4.78, 5) is 11.3. The highest BCUT2D eigenvalue weighted by Gasteiger charge is 2.24. The van der Waals surface area contributed by atoms with Crippen LogP contribution in [0.1, 0.15) is 11.6 Å². The molecule has 2 aromatic rings. The van der Waals surface area contributed by atoms with Gasteiger partial charge in [0, 0.05) is 10.0 Å². The predicted octanol–water partition coefficient (Wildman–Crippen LogP) is 3.97. The first-order valence-corrected chi connectivity index (χ1v) is 6.47. The molecule has 2 N–H and O–H groups in total. The van der Waals surface area contributed by atoms with Crippen LogP contribution in [-0.2, 0) is 4.79 Å². The molecule has 0 heterocycles. The van der Waals surface area contributed by atoms with Gasteiger partial charge in [0.2, 0.25) is 0 Å². The van der Waals surface area contributed by atoms with Crippen LogP contribution in [0.4, 0.5) is 14.5 Å². The third-order valence-electron chi connectivity index (χ3n) is 2.69. The summed E-state index contributed by atoms with van der Waals surface area (Å²) in [7, 11) is 0. The highest BCUT2D eigenvalue weighted by molar-refractivity contribution is 9.10. The number of rotatable bonds is 4. The fraction of sp³-hybridized carbons (Fsp3) is 0.0714. The zero-order chi connectivity index (χ0) is 14.7. The molecule has 0 saturated carbocycles. The van der Waals surface area contributed by atoms with E-state index in [0.717, 1.165) is 6.07 Å². The quantitative estimate of drug-likeness (QED) is 0.884. The molecule has 0 aliphatic carbocycles. The first-order chi connectivity index (χ1) is 9.49. The van der Waals surface area contributed by atoms with Crippen molar-refractivity contribution in [1.82, 2.24) is 0 Å². The third kappa shape index (κ3) is 3.14. The molecule has 0 saturated heterocycles. The zero-order valence-corrected chi connectivity index (χ0v) is 11.7. The summed E-state index contributed by atoms with van der Waals surface area (Å²) in [6, 6.07) is 8.20. The minimum Gasteiger partial charge on any atom is -0.479 e. The number of benzene rings is 2. The SMILES string of the molecule is O=C(O)C(Nc1ccccc1F)c1cc(Br)ccc1F. The smallest absolute Gasteiger partial charge is 0.330 e. The molecule has 0 spiro atoms. The van der Waals surface area contributed by atoms with Crippen molar-refractivity contribution < 1.29 is 18.7 Å². The lowest BCUT2D eigenvalue weighted by Crippen LogP contribution is -2.22. The lowest BCUT2D eigenvalue weighted by Gasteiger charge is -2.17. The number of anilines is 1. The maximum absolute atomic E-state index is 13.8. The van der Waals surface area contributed by atoms with Crippen molar-refractivity contribution >= 4 is 27.6 Å². The topological polar surface area (TPSA) is 49.3 Å². The van der Waals surface area contributed by atoms with Gasteiger partial charge in [-0.1, -0.05) is 28.1 Å². The number of hydrogen-bond donors (Lipinski definition) is 2. The average molecular weight is 342 g/mol. The average Bonchev–Trinajstić information content (AvgIpc) is 2.40. The van der Waals surface area contributed by atoms with Crippen molar-refractivity contribution in [2.75, 3.05) is 5.32 Å². The maximum atomic E-state index is 13.8. The van der Waals surface area contributed by atoms with E-state index < -0.39 is 23.6 Å². The summed E-state index contributed by atoms with van der Waals surface area (Å²) >= 11 is 3.15. The third-order valence-corrected chi connectivity index (χ3v) is 3.18. The van der Waals surface area contributed by atoms with Crippen molar-refractivity contribution in [3.8, 4) is 0 Å². The molecule has 2 rings (SSSR count). The van der Waals surface area contributed by atoms with Crippen molar-refractivity contribution in [1.29, 1.82) is 0 Å². The van der Waals surface area contributed by atoms with E-state index in [1.165, 1.54) is 30.3 Å². The monoisotopic (exact) mass is 341 g/mol. The second-order valence-electron chi connectivity index (χ2n) is 4.06. The van der Waals surface area contributed by atoms with E-state index in [4.69, 9.17) is 0 Å². The van der Waals surface area contributed by atoms with Gasteiger partial charge in [0.05, 0.1) is 5.69 Å². The summed E-state index contributed by atoms with van der Waals surface area (Å²) in [6.07, 6.45) is 0. The number of hydrogen-bond acceptors (Lipinski definition) is 2. The number of para-hydroxylation sites is 1. The van der Waals surface area contributed by atoms with Crippen LogP contribution in [0.5, 0.6) is 0 Å². The molecule has 1 unspecified atom stereocenters. The molecule has 0 aromatic heterocycles. The maximum Gasteiger partial charge on any atom is 0.330 e. The second kappa shape index (κ2) is 6.00. The molecule has 0 aliphatic rings. The van der Waals surface area contributed by atoms with E-state index in [1.54, 1.807) is 6.07 Å². The Balaban J connectivity index is 2.40. The van der Waals surface area contributed by atoms with Crippen LogP contribution in [0.2, 0.25) is 0 Å². The number of carboxylic acid groups (broad SMARTS) is 1. The Labute approximate surface area is 122 Å². The first-order valence-electron chi connectivity index (χ1n) is 5.68. The minimum atomic E-state index is -1.38. The highest BCUT2D eigenvalue weighted by atomic mass is 79.9. The van der Waals surface area contributed by atoms with Crippen LogP contribution in [0.15, 0.2) is 46.9 Å². The number of carbonyl (C=O) groups is 1. The first kappa shape index (κ1) is 14.5. The van der Waals surface area contributed by atoms with Crippen molar-refractivity contribution in [3.05, 3.63) is 64.1 Å². The summed E-state index contributed by atoms with van der Waals surface area (Å²) in [6.45, 7) is 0. The Hall–Kier alpha value is -1.95. The number of aliphatic carboxylic acids is 1. The molecule has 1 atom stereocenters. The molecule has 20 heavy (non-hydrogen) atoms. The van der Waals surface area contributed by atoms with E-state index >= 15 is 0 Å². The Bertz CT molecular complexity index is 649. The van der Waals surface area contributed by atoms with Gasteiger partial charge in [-0.05, 0) is 30.3 Å².